The van der Waals surface area contributed by atoms with Crippen LogP contribution in [0.15, 0.2) is 0 Å². The number of hydrogen-bond donors (Lipinski definition) is 2. The predicted molar refractivity (Wildman–Crippen MR) is 42.1 cm³/mol. The highest BCUT2D eigenvalue weighted by atomic mass is 16.3. The summed E-state index contributed by atoms with van der Waals surface area (Å²) in [6.07, 6.45) is 3.95. The molecule has 11 heavy (non-hydrogen) atoms. The summed E-state index contributed by atoms with van der Waals surface area (Å²) in [7, 11) is 0. The van der Waals surface area contributed by atoms with Crippen LogP contribution in [0, 0.1) is 5.92 Å². The molecule has 1 aliphatic rings. The Morgan fingerprint density at radius 3 is 2.73 bits per heavy atom. The zero-order valence-electron chi connectivity index (χ0n) is 6.68. The van der Waals surface area contributed by atoms with Crippen molar-refractivity contribution in [2.75, 3.05) is 13.2 Å². The van der Waals surface area contributed by atoms with Crippen LogP contribution in [-0.4, -0.2) is 24.2 Å². The quantitative estimate of drug-likeness (QED) is 0.576. The lowest BCUT2D eigenvalue weighted by molar-refractivity contribution is -0.127. The van der Waals surface area contributed by atoms with Gasteiger partial charge >= 0.3 is 0 Å². The van der Waals surface area contributed by atoms with Crippen molar-refractivity contribution in [1.29, 1.82) is 0 Å². The summed E-state index contributed by atoms with van der Waals surface area (Å²) >= 11 is 0. The van der Waals surface area contributed by atoms with Gasteiger partial charge in [-0.2, -0.15) is 0 Å². The Labute approximate surface area is 66.8 Å². The van der Waals surface area contributed by atoms with E-state index in [1.807, 2.05) is 0 Å². The summed E-state index contributed by atoms with van der Waals surface area (Å²) in [4.78, 5) is 11.1. The second-order valence-electron chi connectivity index (χ2n) is 3.00. The van der Waals surface area contributed by atoms with Crippen LogP contribution in [-0.2, 0) is 4.79 Å². The molecule has 0 heterocycles. The van der Waals surface area contributed by atoms with E-state index in [1.54, 1.807) is 0 Å². The van der Waals surface area contributed by atoms with E-state index in [-0.39, 0.29) is 18.4 Å². The minimum Gasteiger partial charge on any atom is -0.396 e. The third-order valence-corrected chi connectivity index (χ3v) is 2.11. The number of aliphatic hydroxyl groups excluding tert-OH is 1. The lowest BCUT2D eigenvalue weighted by Gasteiger charge is -2.23. The van der Waals surface area contributed by atoms with E-state index in [4.69, 9.17) is 5.11 Å². The lowest BCUT2D eigenvalue weighted by Crippen LogP contribution is -2.35. The Hall–Kier alpha value is -0.570. The molecule has 0 unspecified atom stereocenters. The van der Waals surface area contributed by atoms with Gasteiger partial charge in [0.05, 0.1) is 0 Å². The number of amides is 1. The van der Waals surface area contributed by atoms with Crippen LogP contribution in [0.5, 0.6) is 0 Å². The molecule has 1 fully saturated rings. The molecule has 1 amide bonds. The van der Waals surface area contributed by atoms with Crippen LogP contribution in [0.1, 0.15) is 25.7 Å². The fourth-order valence-corrected chi connectivity index (χ4v) is 1.11. The van der Waals surface area contributed by atoms with E-state index < -0.39 is 0 Å². The number of aliphatic hydroxyl groups is 1. The summed E-state index contributed by atoms with van der Waals surface area (Å²) < 4.78 is 0. The standard InChI is InChI=1S/C8H15NO2/c10-6-2-5-9-8(11)7-3-1-4-7/h7,10H,1-6H2,(H,9,11). The minimum absolute atomic E-state index is 0.158. The van der Waals surface area contributed by atoms with Crippen molar-refractivity contribution in [3.63, 3.8) is 0 Å². The van der Waals surface area contributed by atoms with Gasteiger partial charge in [0.25, 0.3) is 0 Å². The molecule has 0 saturated heterocycles. The number of rotatable bonds is 4. The van der Waals surface area contributed by atoms with E-state index in [1.165, 1.54) is 6.42 Å². The minimum atomic E-state index is 0.158. The third kappa shape index (κ3) is 2.50. The molecule has 2 N–H and O–H groups in total. The molecule has 0 aliphatic heterocycles. The lowest BCUT2D eigenvalue weighted by atomic mass is 9.85. The molecule has 1 aliphatic carbocycles. The second kappa shape index (κ2) is 4.34. The number of carbonyl (C=O) groups excluding carboxylic acids is 1. The first-order valence-corrected chi connectivity index (χ1v) is 4.23. The molecule has 0 aromatic heterocycles. The normalized spacial score (nSPS) is 17.5. The zero-order valence-corrected chi connectivity index (χ0v) is 6.68. The van der Waals surface area contributed by atoms with E-state index >= 15 is 0 Å². The van der Waals surface area contributed by atoms with E-state index in [0.717, 1.165) is 12.8 Å². The maximum atomic E-state index is 11.1. The molecule has 3 nitrogen and oxygen atoms in total. The molecule has 64 valence electrons. The fraction of sp³-hybridized carbons (Fsp3) is 0.875. The molecule has 0 radical (unpaired) electrons. The third-order valence-electron chi connectivity index (χ3n) is 2.11. The van der Waals surface area contributed by atoms with Gasteiger partial charge in [-0.3, -0.25) is 4.79 Å². The van der Waals surface area contributed by atoms with Gasteiger partial charge in [-0.05, 0) is 19.3 Å². The van der Waals surface area contributed by atoms with Crippen molar-refractivity contribution in [3.05, 3.63) is 0 Å². The molecule has 1 saturated carbocycles. The van der Waals surface area contributed by atoms with E-state index in [2.05, 4.69) is 5.32 Å². The highest BCUT2D eigenvalue weighted by molar-refractivity contribution is 5.79. The van der Waals surface area contributed by atoms with Gasteiger partial charge in [0.15, 0.2) is 0 Å². The van der Waals surface area contributed by atoms with Crippen molar-refractivity contribution >= 4 is 5.91 Å². The highest BCUT2D eigenvalue weighted by Crippen LogP contribution is 2.25. The van der Waals surface area contributed by atoms with Crippen molar-refractivity contribution in [3.8, 4) is 0 Å². The Kier molecular flexibility index (Phi) is 3.36. The summed E-state index contributed by atoms with van der Waals surface area (Å²) in [5, 5.41) is 11.2. The van der Waals surface area contributed by atoms with Gasteiger partial charge in [-0.15, -0.1) is 0 Å². The van der Waals surface area contributed by atoms with Crippen molar-refractivity contribution in [1.82, 2.24) is 5.32 Å². The maximum Gasteiger partial charge on any atom is 0.223 e. The molecular formula is C8H15NO2. The van der Waals surface area contributed by atoms with Crippen LogP contribution in [0.25, 0.3) is 0 Å². The van der Waals surface area contributed by atoms with Crippen LogP contribution in [0.4, 0.5) is 0 Å². The largest absolute Gasteiger partial charge is 0.396 e. The van der Waals surface area contributed by atoms with Crippen LogP contribution in [0.2, 0.25) is 0 Å². The molecule has 0 aromatic carbocycles. The fourth-order valence-electron chi connectivity index (χ4n) is 1.11. The van der Waals surface area contributed by atoms with Gasteiger partial charge in [-0.1, -0.05) is 6.42 Å². The average Bonchev–Trinajstić information content (AvgIpc) is 1.84. The summed E-state index contributed by atoms with van der Waals surface area (Å²) in [5.41, 5.74) is 0. The Morgan fingerprint density at radius 1 is 1.55 bits per heavy atom. The molecule has 0 aromatic rings. The summed E-state index contributed by atoms with van der Waals surface area (Å²) in [5.74, 6) is 0.443. The number of hydrogen-bond acceptors (Lipinski definition) is 2. The molecule has 0 bridgehead atoms. The highest BCUT2D eigenvalue weighted by Gasteiger charge is 2.24. The van der Waals surface area contributed by atoms with Crippen LogP contribution < -0.4 is 5.32 Å². The maximum absolute atomic E-state index is 11.1. The molecular weight excluding hydrogens is 142 g/mol. The first-order chi connectivity index (χ1) is 5.34. The molecule has 1 rings (SSSR count). The summed E-state index contributed by atoms with van der Waals surface area (Å²) in [6.45, 7) is 0.775. The van der Waals surface area contributed by atoms with Gasteiger partial charge < -0.3 is 10.4 Å². The average molecular weight is 157 g/mol. The second-order valence-corrected chi connectivity index (χ2v) is 3.00. The number of nitrogens with one attached hydrogen (secondary N) is 1. The zero-order chi connectivity index (χ0) is 8.10. The number of carbonyl (C=O) groups is 1. The van der Waals surface area contributed by atoms with Crippen LogP contribution >= 0.6 is 0 Å². The Bertz CT molecular complexity index is 132. The Balaban J connectivity index is 2.01. The van der Waals surface area contributed by atoms with Gasteiger partial charge in [0.1, 0.15) is 0 Å². The smallest absolute Gasteiger partial charge is 0.223 e. The SMILES string of the molecule is O=C(NCCCO)C1CCC1. The van der Waals surface area contributed by atoms with Gasteiger partial charge in [-0.25, -0.2) is 0 Å². The molecule has 0 atom stereocenters. The topological polar surface area (TPSA) is 49.3 Å². The van der Waals surface area contributed by atoms with Crippen molar-refractivity contribution < 1.29 is 9.90 Å². The van der Waals surface area contributed by atoms with Gasteiger partial charge in [0.2, 0.25) is 5.91 Å². The van der Waals surface area contributed by atoms with E-state index in [0.29, 0.717) is 13.0 Å². The molecule has 3 heteroatoms. The predicted octanol–water partition coefficient (Wildman–Crippen LogP) is 0.285. The summed E-state index contributed by atoms with van der Waals surface area (Å²) in [6, 6.07) is 0. The first-order valence-electron chi connectivity index (χ1n) is 4.23. The van der Waals surface area contributed by atoms with Crippen molar-refractivity contribution in [2.45, 2.75) is 25.7 Å². The van der Waals surface area contributed by atoms with Crippen molar-refractivity contribution in [2.24, 2.45) is 5.92 Å². The van der Waals surface area contributed by atoms with E-state index in [9.17, 15) is 4.79 Å². The molecule has 0 spiro atoms. The monoisotopic (exact) mass is 157 g/mol. The van der Waals surface area contributed by atoms with Crippen LogP contribution in [0.3, 0.4) is 0 Å². The Morgan fingerprint density at radius 2 is 2.27 bits per heavy atom. The first kappa shape index (κ1) is 8.53. The van der Waals surface area contributed by atoms with Gasteiger partial charge in [0, 0.05) is 19.1 Å².